The maximum absolute atomic E-state index is 12.2. The molecule has 1 N–H and O–H groups in total. The van der Waals surface area contributed by atoms with Gasteiger partial charge in [0.1, 0.15) is 5.75 Å². The molecule has 1 aromatic carbocycles. The van der Waals surface area contributed by atoms with Crippen LogP contribution in [0.1, 0.15) is 50.6 Å². The van der Waals surface area contributed by atoms with E-state index in [9.17, 15) is 4.79 Å². The number of hydrogen-bond acceptors (Lipinski definition) is 2. The van der Waals surface area contributed by atoms with Crippen molar-refractivity contribution in [2.75, 3.05) is 7.11 Å². The van der Waals surface area contributed by atoms with Crippen molar-refractivity contribution < 1.29 is 9.53 Å². The molecule has 1 aliphatic rings. The summed E-state index contributed by atoms with van der Waals surface area (Å²) in [6.45, 7) is 2.02. The Morgan fingerprint density at radius 3 is 2.74 bits per heavy atom. The Morgan fingerprint density at radius 1 is 1.32 bits per heavy atom. The second-order valence-corrected chi connectivity index (χ2v) is 5.34. The molecule has 1 atom stereocenters. The molecule has 104 valence electrons. The molecule has 0 spiro atoms. The van der Waals surface area contributed by atoms with Gasteiger partial charge >= 0.3 is 0 Å². The lowest BCUT2D eigenvalue weighted by molar-refractivity contribution is -0.126. The number of benzene rings is 1. The molecular weight excluding hydrogens is 238 g/mol. The van der Waals surface area contributed by atoms with Gasteiger partial charge < -0.3 is 10.1 Å². The van der Waals surface area contributed by atoms with Crippen LogP contribution in [-0.4, -0.2) is 13.0 Å². The summed E-state index contributed by atoms with van der Waals surface area (Å²) < 4.78 is 5.21. The van der Waals surface area contributed by atoms with Crippen LogP contribution in [0.3, 0.4) is 0 Å². The summed E-state index contributed by atoms with van der Waals surface area (Å²) in [7, 11) is 1.66. The first-order valence-corrected chi connectivity index (χ1v) is 7.15. The van der Waals surface area contributed by atoms with E-state index in [4.69, 9.17) is 4.74 Å². The summed E-state index contributed by atoms with van der Waals surface area (Å²) in [4.78, 5) is 12.2. The second kappa shape index (κ2) is 6.60. The molecule has 0 heterocycles. The number of hydrogen-bond donors (Lipinski definition) is 1. The molecule has 0 saturated heterocycles. The van der Waals surface area contributed by atoms with Gasteiger partial charge in [-0.05, 0) is 37.5 Å². The van der Waals surface area contributed by atoms with Crippen molar-refractivity contribution in [3.05, 3.63) is 29.8 Å². The fraction of sp³-hybridized carbons (Fsp3) is 0.562. The van der Waals surface area contributed by atoms with E-state index >= 15 is 0 Å². The van der Waals surface area contributed by atoms with Crippen LogP contribution in [0.25, 0.3) is 0 Å². The molecule has 2 rings (SSSR count). The van der Waals surface area contributed by atoms with Gasteiger partial charge in [0.2, 0.25) is 5.91 Å². The van der Waals surface area contributed by atoms with Crippen molar-refractivity contribution in [2.24, 2.45) is 5.92 Å². The van der Waals surface area contributed by atoms with E-state index in [-0.39, 0.29) is 17.9 Å². The number of carbonyl (C=O) groups is 1. The summed E-state index contributed by atoms with van der Waals surface area (Å²) in [5.74, 6) is 1.24. The average Bonchev–Trinajstić information content (AvgIpc) is 2.48. The van der Waals surface area contributed by atoms with Crippen LogP contribution in [0.4, 0.5) is 0 Å². The van der Waals surface area contributed by atoms with Crippen LogP contribution in [0, 0.1) is 5.92 Å². The third-order valence-corrected chi connectivity index (χ3v) is 3.93. The van der Waals surface area contributed by atoms with Gasteiger partial charge in [-0.3, -0.25) is 4.79 Å². The van der Waals surface area contributed by atoms with Crippen LogP contribution < -0.4 is 10.1 Å². The smallest absolute Gasteiger partial charge is 0.223 e. The summed E-state index contributed by atoms with van der Waals surface area (Å²) in [5.41, 5.74) is 1.09. The molecule has 0 radical (unpaired) electrons. The quantitative estimate of drug-likeness (QED) is 0.901. The van der Waals surface area contributed by atoms with Crippen molar-refractivity contribution in [3.63, 3.8) is 0 Å². The number of amides is 1. The van der Waals surface area contributed by atoms with Crippen molar-refractivity contribution >= 4 is 5.91 Å². The third kappa shape index (κ3) is 3.72. The summed E-state index contributed by atoms with van der Waals surface area (Å²) in [6.07, 6.45) is 5.72. The Morgan fingerprint density at radius 2 is 2.05 bits per heavy atom. The summed E-state index contributed by atoms with van der Waals surface area (Å²) in [5, 5.41) is 3.12. The molecule has 3 nitrogen and oxygen atoms in total. The minimum atomic E-state index is 0.0320. The molecule has 19 heavy (non-hydrogen) atoms. The first-order valence-electron chi connectivity index (χ1n) is 7.15. The van der Waals surface area contributed by atoms with E-state index < -0.39 is 0 Å². The molecule has 3 heteroatoms. The average molecular weight is 261 g/mol. The molecule has 0 aromatic heterocycles. The maximum atomic E-state index is 12.2. The fourth-order valence-electron chi connectivity index (χ4n) is 2.69. The van der Waals surface area contributed by atoms with E-state index in [1.807, 2.05) is 31.2 Å². The number of rotatable bonds is 4. The predicted molar refractivity (Wildman–Crippen MR) is 76.1 cm³/mol. The zero-order valence-electron chi connectivity index (χ0n) is 11.8. The van der Waals surface area contributed by atoms with Crippen LogP contribution in [-0.2, 0) is 4.79 Å². The number of ether oxygens (including phenoxy) is 1. The van der Waals surface area contributed by atoms with Crippen molar-refractivity contribution in [3.8, 4) is 5.75 Å². The third-order valence-electron chi connectivity index (χ3n) is 3.93. The number of nitrogens with one attached hydrogen (secondary N) is 1. The highest BCUT2D eigenvalue weighted by molar-refractivity contribution is 5.79. The van der Waals surface area contributed by atoms with Crippen LogP contribution in [0.5, 0.6) is 5.75 Å². The highest BCUT2D eigenvalue weighted by Crippen LogP contribution is 2.25. The van der Waals surface area contributed by atoms with Crippen molar-refractivity contribution in [1.29, 1.82) is 0 Å². The van der Waals surface area contributed by atoms with Crippen LogP contribution in [0.15, 0.2) is 24.3 Å². The minimum Gasteiger partial charge on any atom is -0.497 e. The van der Waals surface area contributed by atoms with Crippen molar-refractivity contribution in [2.45, 2.75) is 45.1 Å². The standard InChI is InChI=1S/C16H23NO2/c1-12(14-9-6-10-15(11-14)19-2)17-16(18)13-7-4-3-5-8-13/h6,9-13H,3-5,7-8H2,1-2H3,(H,17,18). The summed E-state index contributed by atoms with van der Waals surface area (Å²) >= 11 is 0. The van der Waals surface area contributed by atoms with E-state index in [1.165, 1.54) is 19.3 Å². The minimum absolute atomic E-state index is 0.0320. The SMILES string of the molecule is COc1cccc(C(C)NC(=O)C2CCCCC2)c1. The molecule has 1 saturated carbocycles. The molecule has 1 unspecified atom stereocenters. The Kier molecular flexibility index (Phi) is 4.83. The largest absolute Gasteiger partial charge is 0.497 e. The Labute approximate surface area is 115 Å². The Balaban J connectivity index is 1.95. The number of methoxy groups -OCH3 is 1. The Bertz CT molecular complexity index is 425. The van der Waals surface area contributed by atoms with Crippen LogP contribution >= 0.6 is 0 Å². The zero-order valence-corrected chi connectivity index (χ0v) is 11.8. The highest BCUT2D eigenvalue weighted by Gasteiger charge is 2.22. The molecule has 1 amide bonds. The van der Waals surface area contributed by atoms with Gasteiger partial charge in [0.25, 0.3) is 0 Å². The first-order chi connectivity index (χ1) is 9.20. The Hall–Kier alpha value is -1.51. The van der Waals surface area contributed by atoms with Gasteiger partial charge in [-0.2, -0.15) is 0 Å². The second-order valence-electron chi connectivity index (χ2n) is 5.34. The first kappa shape index (κ1) is 13.9. The van der Waals surface area contributed by atoms with Gasteiger partial charge in [-0.1, -0.05) is 31.4 Å². The zero-order chi connectivity index (χ0) is 13.7. The molecule has 1 aromatic rings. The van der Waals surface area contributed by atoms with E-state index in [0.717, 1.165) is 24.2 Å². The van der Waals surface area contributed by atoms with Crippen LogP contribution in [0.2, 0.25) is 0 Å². The van der Waals surface area contributed by atoms with Gasteiger partial charge in [0, 0.05) is 5.92 Å². The molecular formula is C16H23NO2. The number of carbonyl (C=O) groups excluding carboxylic acids is 1. The van der Waals surface area contributed by atoms with Crippen molar-refractivity contribution in [1.82, 2.24) is 5.32 Å². The van der Waals surface area contributed by atoms with Gasteiger partial charge in [0.05, 0.1) is 13.2 Å². The normalized spacial score (nSPS) is 17.8. The molecule has 1 fully saturated rings. The van der Waals surface area contributed by atoms with Gasteiger partial charge in [-0.25, -0.2) is 0 Å². The van der Waals surface area contributed by atoms with E-state index in [1.54, 1.807) is 7.11 Å². The van der Waals surface area contributed by atoms with Gasteiger partial charge in [-0.15, -0.1) is 0 Å². The monoisotopic (exact) mass is 261 g/mol. The predicted octanol–water partition coefficient (Wildman–Crippen LogP) is 3.45. The molecule has 0 bridgehead atoms. The van der Waals surface area contributed by atoms with E-state index in [0.29, 0.717) is 0 Å². The fourth-order valence-corrected chi connectivity index (χ4v) is 2.69. The lowest BCUT2D eigenvalue weighted by atomic mass is 9.88. The maximum Gasteiger partial charge on any atom is 0.223 e. The topological polar surface area (TPSA) is 38.3 Å². The lowest BCUT2D eigenvalue weighted by Crippen LogP contribution is -2.33. The molecule has 0 aliphatic heterocycles. The van der Waals surface area contributed by atoms with E-state index in [2.05, 4.69) is 5.32 Å². The molecule has 1 aliphatic carbocycles. The lowest BCUT2D eigenvalue weighted by Gasteiger charge is -2.23. The highest BCUT2D eigenvalue weighted by atomic mass is 16.5. The van der Waals surface area contributed by atoms with Gasteiger partial charge in [0.15, 0.2) is 0 Å². The summed E-state index contributed by atoms with van der Waals surface area (Å²) in [6, 6.07) is 7.90.